The van der Waals surface area contributed by atoms with E-state index >= 15 is 0 Å². The molecule has 2 atom stereocenters. The number of hydrogen-bond acceptors (Lipinski definition) is 5. The molecular weight excluding hydrogens is 400 g/mol. The first-order valence-corrected chi connectivity index (χ1v) is 10.8. The summed E-state index contributed by atoms with van der Waals surface area (Å²) in [6.07, 6.45) is 6.73. The Bertz CT molecular complexity index is 932. The molecule has 1 saturated carbocycles. The minimum absolute atomic E-state index is 0.0301. The van der Waals surface area contributed by atoms with Gasteiger partial charge in [0.05, 0.1) is 12.6 Å². The zero-order chi connectivity index (χ0) is 22.0. The average molecular weight is 431 g/mol. The molecule has 0 radical (unpaired) electrons. The molecule has 31 heavy (non-hydrogen) atoms. The van der Waals surface area contributed by atoms with Gasteiger partial charge in [0.15, 0.2) is 5.82 Å². The maximum Gasteiger partial charge on any atom is 0.408 e. The number of nitrogens with one attached hydrogen (secondary N) is 2. The summed E-state index contributed by atoms with van der Waals surface area (Å²) in [7, 11) is 1.81. The van der Waals surface area contributed by atoms with E-state index < -0.39 is 6.09 Å². The highest BCUT2D eigenvalue weighted by Gasteiger charge is 2.44. The molecular formula is C21H30N6O4. The zero-order valence-corrected chi connectivity index (χ0v) is 18.0. The standard InChI is InChI=1S/C21H30N6O4/c1-21(5-7-31-8-6-21)27(20(29)30)16-4-3-15(10-16)17-11-18(25-24-17)23-19(28)9-14-12-22-26(2)13-14/h11-13,15-16H,3-10H2,1-2H3,(H,29,30)(H2,23,24,25,28)/t15-,16+/m0/s1. The Morgan fingerprint density at radius 3 is 2.84 bits per heavy atom. The van der Waals surface area contributed by atoms with Crippen molar-refractivity contribution < 1.29 is 19.4 Å². The summed E-state index contributed by atoms with van der Waals surface area (Å²) in [6.45, 7) is 3.22. The molecule has 168 valence electrons. The molecule has 0 bridgehead atoms. The highest BCUT2D eigenvalue weighted by Crippen LogP contribution is 2.41. The second-order valence-electron chi connectivity index (χ2n) is 8.88. The number of carbonyl (C=O) groups is 2. The highest BCUT2D eigenvalue weighted by molar-refractivity contribution is 5.91. The minimum atomic E-state index is -0.858. The molecule has 3 heterocycles. The van der Waals surface area contributed by atoms with Crippen LogP contribution in [-0.2, 0) is 23.0 Å². The van der Waals surface area contributed by atoms with Crippen molar-refractivity contribution in [1.82, 2.24) is 24.9 Å². The van der Waals surface area contributed by atoms with Crippen molar-refractivity contribution >= 4 is 17.8 Å². The smallest absolute Gasteiger partial charge is 0.408 e. The third kappa shape index (κ3) is 4.73. The molecule has 2 aliphatic rings. The fourth-order valence-corrected chi connectivity index (χ4v) is 4.90. The van der Waals surface area contributed by atoms with Crippen LogP contribution in [0.3, 0.4) is 0 Å². The van der Waals surface area contributed by atoms with Gasteiger partial charge >= 0.3 is 6.09 Å². The average Bonchev–Trinajstić information content (AvgIpc) is 3.44. The van der Waals surface area contributed by atoms with Crippen LogP contribution in [0, 0.1) is 0 Å². The first kappa shape index (κ1) is 21.4. The monoisotopic (exact) mass is 430 g/mol. The summed E-state index contributed by atoms with van der Waals surface area (Å²) in [4.78, 5) is 26.1. The van der Waals surface area contributed by atoms with E-state index in [1.165, 1.54) is 0 Å². The van der Waals surface area contributed by atoms with Crippen LogP contribution in [0.15, 0.2) is 18.5 Å². The van der Waals surface area contributed by atoms with E-state index in [2.05, 4.69) is 20.6 Å². The van der Waals surface area contributed by atoms with Crippen LogP contribution in [0.4, 0.5) is 10.6 Å². The van der Waals surface area contributed by atoms with E-state index in [0.717, 1.165) is 43.4 Å². The lowest BCUT2D eigenvalue weighted by Gasteiger charge is -2.45. The molecule has 1 aliphatic carbocycles. The predicted molar refractivity (Wildman–Crippen MR) is 113 cm³/mol. The Morgan fingerprint density at radius 1 is 1.39 bits per heavy atom. The lowest BCUT2D eigenvalue weighted by atomic mass is 9.88. The third-order valence-electron chi connectivity index (χ3n) is 6.56. The second kappa shape index (κ2) is 8.70. The first-order chi connectivity index (χ1) is 14.8. The van der Waals surface area contributed by atoms with Gasteiger partial charge in [-0.25, -0.2) is 4.79 Å². The van der Waals surface area contributed by atoms with E-state index in [9.17, 15) is 14.7 Å². The van der Waals surface area contributed by atoms with Gasteiger partial charge in [-0.1, -0.05) is 0 Å². The Kier molecular flexibility index (Phi) is 5.99. The van der Waals surface area contributed by atoms with E-state index in [0.29, 0.717) is 19.0 Å². The summed E-state index contributed by atoms with van der Waals surface area (Å²) in [5.41, 5.74) is 1.38. The topological polar surface area (TPSA) is 125 Å². The number of aromatic nitrogens is 4. The van der Waals surface area contributed by atoms with Crippen LogP contribution >= 0.6 is 0 Å². The summed E-state index contributed by atoms with van der Waals surface area (Å²) in [5.74, 6) is 0.519. The van der Waals surface area contributed by atoms with Crippen LogP contribution < -0.4 is 5.32 Å². The van der Waals surface area contributed by atoms with Gasteiger partial charge in [-0.05, 0) is 44.6 Å². The summed E-state index contributed by atoms with van der Waals surface area (Å²) < 4.78 is 7.11. The van der Waals surface area contributed by atoms with Gasteiger partial charge in [0.25, 0.3) is 0 Å². The molecule has 0 aromatic carbocycles. The van der Waals surface area contributed by atoms with Crippen molar-refractivity contribution in [1.29, 1.82) is 0 Å². The van der Waals surface area contributed by atoms with Gasteiger partial charge in [-0.2, -0.15) is 10.2 Å². The normalized spacial score (nSPS) is 22.9. The quantitative estimate of drug-likeness (QED) is 0.647. The van der Waals surface area contributed by atoms with Crippen molar-refractivity contribution in [3.63, 3.8) is 0 Å². The fourth-order valence-electron chi connectivity index (χ4n) is 4.90. The number of aryl methyl sites for hydroxylation is 1. The lowest BCUT2D eigenvalue weighted by Crippen LogP contribution is -2.56. The van der Waals surface area contributed by atoms with Crippen molar-refractivity contribution in [2.75, 3.05) is 18.5 Å². The number of H-pyrrole nitrogens is 1. The molecule has 10 nitrogen and oxygen atoms in total. The number of carbonyl (C=O) groups excluding carboxylic acids is 1. The molecule has 1 saturated heterocycles. The number of aromatic amines is 1. The summed E-state index contributed by atoms with van der Waals surface area (Å²) in [6, 6.07) is 1.83. The van der Waals surface area contributed by atoms with E-state index in [-0.39, 0.29) is 29.8 Å². The Morgan fingerprint density at radius 2 is 2.16 bits per heavy atom. The SMILES string of the molecule is Cn1cc(CC(=O)Nc2cc([C@H]3CC[C@@H](N(C(=O)O)C4(C)CCOCC4)C3)[nH]n2)cn1. The molecule has 2 aromatic rings. The fraction of sp³-hybridized carbons (Fsp3) is 0.619. The number of nitrogens with zero attached hydrogens (tertiary/aromatic N) is 4. The summed E-state index contributed by atoms with van der Waals surface area (Å²) >= 11 is 0. The molecule has 2 fully saturated rings. The van der Waals surface area contributed by atoms with Crippen LogP contribution in [-0.4, -0.2) is 66.8 Å². The third-order valence-corrected chi connectivity index (χ3v) is 6.56. The predicted octanol–water partition coefficient (Wildman–Crippen LogP) is 2.51. The molecule has 2 aromatic heterocycles. The van der Waals surface area contributed by atoms with Gasteiger partial charge in [-0.3, -0.25) is 19.5 Å². The van der Waals surface area contributed by atoms with Crippen LogP contribution in [0.5, 0.6) is 0 Å². The van der Waals surface area contributed by atoms with Crippen molar-refractivity contribution in [3.05, 3.63) is 29.7 Å². The molecule has 0 unspecified atom stereocenters. The van der Waals surface area contributed by atoms with Crippen molar-refractivity contribution in [2.45, 2.75) is 62.9 Å². The van der Waals surface area contributed by atoms with Gasteiger partial charge in [0.1, 0.15) is 0 Å². The Labute approximate surface area is 180 Å². The first-order valence-electron chi connectivity index (χ1n) is 10.8. The molecule has 0 spiro atoms. The van der Waals surface area contributed by atoms with Crippen LogP contribution in [0.1, 0.15) is 56.2 Å². The number of hydrogen-bond donors (Lipinski definition) is 3. The Hall–Kier alpha value is -2.88. The van der Waals surface area contributed by atoms with Gasteiger partial charge in [0, 0.05) is 55.7 Å². The lowest BCUT2D eigenvalue weighted by molar-refractivity contribution is -0.115. The molecule has 3 N–H and O–H groups in total. The molecule has 10 heteroatoms. The maximum atomic E-state index is 12.3. The number of carboxylic acid groups (broad SMARTS) is 1. The van der Waals surface area contributed by atoms with Crippen molar-refractivity contribution in [3.8, 4) is 0 Å². The number of amides is 2. The molecule has 4 rings (SSSR count). The van der Waals surface area contributed by atoms with Gasteiger partial charge in [0.2, 0.25) is 5.91 Å². The number of ether oxygens (including phenoxy) is 1. The molecule has 1 aliphatic heterocycles. The highest BCUT2D eigenvalue weighted by atomic mass is 16.5. The largest absolute Gasteiger partial charge is 0.465 e. The second-order valence-corrected chi connectivity index (χ2v) is 8.88. The zero-order valence-electron chi connectivity index (χ0n) is 18.0. The van der Waals surface area contributed by atoms with Crippen LogP contribution in [0.2, 0.25) is 0 Å². The Balaban J connectivity index is 1.37. The maximum absolute atomic E-state index is 12.3. The van der Waals surface area contributed by atoms with Gasteiger partial charge in [-0.15, -0.1) is 0 Å². The van der Waals surface area contributed by atoms with E-state index in [4.69, 9.17) is 4.74 Å². The number of rotatable bonds is 6. The van der Waals surface area contributed by atoms with Crippen LogP contribution in [0.25, 0.3) is 0 Å². The van der Waals surface area contributed by atoms with E-state index in [1.54, 1.807) is 22.0 Å². The number of anilines is 1. The summed E-state index contributed by atoms with van der Waals surface area (Å²) in [5, 5.41) is 24.1. The van der Waals surface area contributed by atoms with Gasteiger partial charge < -0.3 is 15.2 Å². The molecule has 2 amide bonds. The minimum Gasteiger partial charge on any atom is -0.465 e. The van der Waals surface area contributed by atoms with Crippen molar-refractivity contribution in [2.24, 2.45) is 7.05 Å². The van der Waals surface area contributed by atoms with E-state index in [1.807, 2.05) is 20.0 Å².